The molecule has 1 aliphatic heterocycles. The van der Waals surface area contributed by atoms with Crippen LogP contribution in [0.4, 0.5) is 0 Å². The maximum atomic E-state index is 9.31. The summed E-state index contributed by atoms with van der Waals surface area (Å²) < 4.78 is 10.6. The van der Waals surface area contributed by atoms with Gasteiger partial charge in [0.1, 0.15) is 17.7 Å². The Hall–Kier alpha value is -1.65. The molecule has 0 spiro atoms. The first-order valence-electron chi connectivity index (χ1n) is 8.72. The van der Waals surface area contributed by atoms with Gasteiger partial charge in [0, 0.05) is 43.8 Å². The Morgan fingerprint density at radius 3 is 1.85 bits per heavy atom. The van der Waals surface area contributed by atoms with Crippen molar-refractivity contribution in [1.82, 2.24) is 4.90 Å². The summed E-state index contributed by atoms with van der Waals surface area (Å²) in [6, 6.07) is 4.03. The molecular formula is C20H30N3O2P. The second-order valence-electron chi connectivity index (χ2n) is 8.25. The summed E-state index contributed by atoms with van der Waals surface area (Å²) in [6.45, 7) is 15.2. The number of rotatable bonds is 6. The van der Waals surface area contributed by atoms with E-state index < -0.39 is 0 Å². The van der Waals surface area contributed by atoms with Crippen molar-refractivity contribution < 1.29 is 9.26 Å². The van der Waals surface area contributed by atoms with E-state index >= 15 is 0 Å². The normalized spacial score (nSPS) is 15.1. The molecule has 26 heavy (non-hydrogen) atoms. The summed E-state index contributed by atoms with van der Waals surface area (Å²) in [5.74, 6) is 0. The van der Waals surface area contributed by atoms with E-state index in [1.807, 2.05) is 24.3 Å². The third kappa shape index (κ3) is 5.96. The molecule has 0 amide bonds. The Morgan fingerprint density at radius 1 is 0.962 bits per heavy atom. The number of allylic oxidation sites excluding steroid dienone is 6. The molecule has 5 nitrogen and oxygen atoms in total. The Bertz CT molecular complexity index is 630. The van der Waals surface area contributed by atoms with Gasteiger partial charge < -0.3 is 14.2 Å². The summed E-state index contributed by atoms with van der Waals surface area (Å²) >= 11 is 0. The molecule has 0 radical (unpaired) electrons. The molecule has 0 saturated heterocycles. The zero-order valence-corrected chi connectivity index (χ0v) is 17.9. The number of hydrogen-bond donors (Lipinski definition) is 0. The van der Waals surface area contributed by atoms with Crippen LogP contribution in [0.25, 0.3) is 0 Å². The van der Waals surface area contributed by atoms with Crippen LogP contribution in [0.2, 0.25) is 0 Å². The molecule has 0 saturated carbocycles. The Balaban J connectivity index is 3.33. The van der Waals surface area contributed by atoms with Gasteiger partial charge in [0.15, 0.2) is 0 Å². The van der Waals surface area contributed by atoms with Gasteiger partial charge in [-0.05, 0) is 12.2 Å². The Morgan fingerprint density at radius 2 is 1.46 bits per heavy atom. The molecule has 1 atom stereocenters. The standard InChI is InChI=1S/C20H30N3O2P/c1-19(2,3)17-11-15(16(13-21)14-22)12-18(20(4,5)6)23(17)7-8-24-9-10-25-26/h11-12H,7-10,26H2,1-6H3. The van der Waals surface area contributed by atoms with Crippen LogP contribution < -0.4 is 0 Å². The first-order chi connectivity index (χ1) is 12.1. The fourth-order valence-corrected chi connectivity index (χ4v) is 2.87. The first-order valence-corrected chi connectivity index (χ1v) is 9.19. The van der Waals surface area contributed by atoms with Gasteiger partial charge in [0.2, 0.25) is 0 Å². The van der Waals surface area contributed by atoms with Crippen LogP contribution in [0.3, 0.4) is 0 Å². The number of nitrogens with zero attached hydrogens (tertiary/aromatic N) is 3. The molecule has 0 bridgehead atoms. The topological polar surface area (TPSA) is 69.3 Å². The van der Waals surface area contributed by atoms with Crippen LogP contribution in [0.5, 0.6) is 0 Å². The maximum absolute atomic E-state index is 9.31. The van der Waals surface area contributed by atoms with Crippen molar-refractivity contribution in [3.8, 4) is 12.1 Å². The van der Waals surface area contributed by atoms with E-state index in [9.17, 15) is 10.5 Å². The van der Waals surface area contributed by atoms with E-state index in [0.29, 0.717) is 31.9 Å². The van der Waals surface area contributed by atoms with Crippen molar-refractivity contribution >= 4 is 9.47 Å². The van der Waals surface area contributed by atoms with Crippen LogP contribution in [-0.2, 0) is 9.26 Å². The minimum Gasteiger partial charge on any atom is -0.377 e. The molecule has 0 aromatic heterocycles. The van der Waals surface area contributed by atoms with Crippen molar-refractivity contribution in [2.75, 3.05) is 26.4 Å². The van der Waals surface area contributed by atoms with E-state index in [-0.39, 0.29) is 16.4 Å². The molecule has 0 aromatic carbocycles. The smallest absolute Gasteiger partial charge is 0.137 e. The van der Waals surface area contributed by atoms with Crippen molar-refractivity contribution in [1.29, 1.82) is 10.5 Å². The van der Waals surface area contributed by atoms with E-state index in [1.54, 1.807) is 0 Å². The summed E-state index contributed by atoms with van der Waals surface area (Å²) in [6.07, 6.45) is 3.92. The van der Waals surface area contributed by atoms with Crippen molar-refractivity contribution in [3.63, 3.8) is 0 Å². The highest BCUT2D eigenvalue weighted by molar-refractivity contribution is 7.09. The summed E-state index contributed by atoms with van der Waals surface area (Å²) in [4.78, 5) is 2.26. The quantitative estimate of drug-likeness (QED) is 0.393. The molecule has 1 aliphatic rings. The van der Waals surface area contributed by atoms with Gasteiger partial charge in [-0.15, -0.1) is 0 Å². The molecule has 1 heterocycles. The molecule has 0 fully saturated rings. The summed E-state index contributed by atoms with van der Waals surface area (Å²) in [5.41, 5.74) is 2.69. The summed E-state index contributed by atoms with van der Waals surface area (Å²) in [7, 11) is 2.22. The lowest BCUT2D eigenvalue weighted by atomic mass is 9.81. The number of ether oxygens (including phenoxy) is 1. The fourth-order valence-electron chi connectivity index (χ4n) is 2.77. The zero-order valence-electron chi connectivity index (χ0n) is 16.7. The third-order valence-corrected chi connectivity index (χ3v) is 4.26. The fraction of sp³-hybridized carbons (Fsp3) is 0.600. The average Bonchev–Trinajstić information content (AvgIpc) is 2.54. The lowest BCUT2D eigenvalue weighted by molar-refractivity contribution is 0.0889. The van der Waals surface area contributed by atoms with Gasteiger partial charge in [-0.3, -0.25) is 0 Å². The second kappa shape index (κ2) is 9.33. The zero-order chi connectivity index (χ0) is 20.0. The van der Waals surface area contributed by atoms with Gasteiger partial charge in [-0.1, -0.05) is 41.5 Å². The summed E-state index contributed by atoms with van der Waals surface area (Å²) in [5, 5.41) is 18.6. The highest BCUT2D eigenvalue weighted by Gasteiger charge is 2.33. The lowest BCUT2D eigenvalue weighted by Gasteiger charge is -2.43. The van der Waals surface area contributed by atoms with Crippen molar-refractivity contribution in [2.24, 2.45) is 10.8 Å². The van der Waals surface area contributed by atoms with Crippen LogP contribution in [0.15, 0.2) is 34.7 Å². The molecular weight excluding hydrogens is 345 g/mol. The Labute approximate surface area is 160 Å². The molecule has 142 valence electrons. The van der Waals surface area contributed by atoms with Gasteiger partial charge in [-0.25, -0.2) is 0 Å². The first kappa shape index (κ1) is 22.4. The SMILES string of the molecule is CC(C)(C)C1=CC(=C(C#N)C#N)C=C(C(C)(C)C)N1CCOCCOP. The van der Waals surface area contributed by atoms with Crippen LogP contribution in [-0.4, -0.2) is 31.3 Å². The molecule has 0 aromatic rings. The van der Waals surface area contributed by atoms with Crippen LogP contribution in [0.1, 0.15) is 41.5 Å². The highest BCUT2D eigenvalue weighted by atomic mass is 31.0. The minimum atomic E-state index is -0.144. The van der Waals surface area contributed by atoms with Gasteiger partial charge in [0.05, 0.1) is 19.8 Å². The van der Waals surface area contributed by atoms with Gasteiger partial charge >= 0.3 is 0 Å². The largest absolute Gasteiger partial charge is 0.377 e. The lowest BCUT2D eigenvalue weighted by Crippen LogP contribution is -2.38. The Kier molecular flexibility index (Phi) is 8.04. The minimum absolute atomic E-state index is 0.141. The van der Waals surface area contributed by atoms with Gasteiger partial charge in [0.25, 0.3) is 0 Å². The molecule has 1 rings (SSSR count). The molecule has 0 aliphatic carbocycles. The van der Waals surface area contributed by atoms with Crippen molar-refractivity contribution in [3.05, 3.63) is 34.7 Å². The number of hydrogen-bond acceptors (Lipinski definition) is 5. The third-order valence-electron chi connectivity index (χ3n) is 4.02. The highest BCUT2D eigenvalue weighted by Crippen LogP contribution is 2.41. The predicted octanol–water partition coefficient (Wildman–Crippen LogP) is 4.33. The van der Waals surface area contributed by atoms with E-state index in [2.05, 4.69) is 55.9 Å². The average molecular weight is 375 g/mol. The number of nitriles is 2. The predicted molar refractivity (Wildman–Crippen MR) is 107 cm³/mol. The van der Waals surface area contributed by atoms with E-state index in [1.165, 1.54) is 0 Å². The molecule has 6 heteroatoms. The van der Waals surface area contributed by atoms with Gasteiger partial charge in [-0.2, -0.15) is 10.5 Å². The van der Waals surface area contributed by atoms with Crippen molar-refractivity contribution in [2.45, 2.75) is 41.5 Å². The van der Waals surface area contributed by atoms with Crippen LogP contribution >= 0.6 is 9.47 Å². The van der Waals surface area contributed by atoms with E-state index in [0.717, 1.165) is 11.4 Å². The monoisotopic (exact) mass is 375 g/mol. The van der Waals surface area contributed by atoms with E-state index in [4.69, 9.17) is 9.26 Å². The molecule has 0 N–H and O–H groups in total. The van der Waals surface area contributed by atoms with Crippen LogP contribution in [0, 0.1) is 33.5 Å². The second-order valence-corrected chi connectivity index (χ2v) is 8.58. The maximum Gasteiger partial charge on any atom is 0.137 e. The molecule has 1 unspecified atom stereocenters.